The van der Waals surface area contributed by atoms with Crippen molar-refractivity contribution in [1.82, 2.24) is 4.90 Å². The maximum Gasteiger partial charge on any atom is 0.247 e. The van der Waals surface area contributed by atoms with Crippen LogP contribution in [0.15, 0.2) is 15.7 Å². The Morgan fingerprint density at radius 3 is 2.41 bits per heavy atom. The number of sulfonamides is 1. The molecule has 0 spiro atoms. The van der Waals surface area contributed by atoms with E-state index in [-0.39, 0.29) is 4.21 Å². The number of fused-ring (bicyclic) bond motifs is 1. The van der Waals surface area contributed by atoms with Crippen LogP contribution in [0.5, 0.6) is 0 Å². The van der Waals surface area contributed by atoms with E-state index < -0.39 is 10.0 Å². The molecule has 0 unspecified atom stereocenters. The van der Waals surface area contributed by atoms with E-state index in [2.05, 4.69) is 10.3 Å². The zero-order chi connectivity index (χ0) is 16.2. The van der Waals surface area contributed by atoms with Crippen molar-refractivity contribution in [1.29, 1.82) is 0 Å². The highest BCUT2D eigenvalue weighted by Crippen LogP contribution is 2.36. The van der Waals surface area contributed by atoms with E-state index in [1.807, 2.05) is 0 Å². The minimum absolute atomic E-state index is 0.218. The van der Waals surface area contributed by atoms with E-state index in [4.69, 9.17) is 14.6 Å². The molecule has 9 heteroatoms. The summed E-state index contributed by atoms with van der Waals surface area (Å²) in [5.74, 6) is 0. The zero-order valence-corrected chi connectivity index (χ0v) is 15.0. The standard InChI is InChI=1S/C13H20N2O4S3/c1-18-5-3-15(4-6-19-2)8-10-9-20-13-11(10)7-12(21-13)22(14,16)17/h7,9H,3-6,8H2,1-2H3,(H2,14,16,17). The van der Waals surface area contributed by atoms with Gasteiger partial charge in [0.25, 0.3) is 0 Å². The number of hydrogen-bond donors (Lipinski definition) is 1. The van der Waals surface area contributed by atoms with Crippen molar-refractivity contribution in [2.24, 2.45) is 5.14 Å². The maximum absolute atomic E-state index is 11.5. The van der Waals surface area contributed by atoms with Gasteiger partial charge in [0.05, 0.1) is 17.2 Å². The summed E-state index contributed by atoms with van der Waals surface area (Å²) >= 11 is 2.78. The van der Waals surface area contributed by atoms with E-state index >= 15 is 0 Å². The Bertz CT molecular complexity index is 700. The first kappa shape index (κ1) is 17.8. The smallest absolute Gasteiger partial charge is 0.247 e. The van der Waals surface area contributed by atoms with Gasteiger partial charge in [0.1, 0.15) is 4.21 Å². The van der Waals surface area contributed by atoms with E-state index in [1.54, 1.807) is 31.6 Å². The Kier molecular flexibility index (Phi) is 6.33. The summed E-state index contributed by atoms with van der Waals surface area (Å²) < 4.78 is 34.4. The van der Waals surface area contributed by atoms with Gasteiger partial charge in [0.15, 0.2) is 0 Å². The Morgan fingerprint density at radius 1 is 1.23 bits per heavy atom. The highest BCUT2D eigenvalue weighted by Gasteiger charge is 2.17. The summed E-state index contributed by atoms with van der Waals surface area (Å²) in [7, 11) is -0.286. The van der Waals surface area contributed by atoms with Crippen molar-refractivity contribution in [3.8, 4) is 0 Å². The molecule has 0 aliphatic rings. The molecule has 0 aliphatic heterocycles. The average molecular weight is 365 g/mol. The van der Waals surface area contributed by atoms with Crippen molar-refractivity contribution < 1.29 is 17.9 Å². The average Bonchev–Trinajstić information content (AvgIpc) is 3.03. The van der Waals surface area contributed by atoms with E-state index in [1.165, 1.54) is 11.3 Å². The molecule has 124 valence electrons. The molecule has 0 fully saturated rings. The maximum atomic E-state index is 11.5. The molecular weight excluding hydrogens is 344 g/mol. The van der Waals surface area contributed by atoms with Gasteiger partial charge in [-0.05, 0) is 17.0 Å². The second kappa shape index (κ2) is 7.82. The molecule has 2 aromatic rings. The first-order valence-corrected chi connectivity index (χ1v) is 9.93. The van der Waals surface area contributed by atoms with Crippen LogP contribution in [0.3, 0.4) is 0 Å². The van der Waals surface area contributed by atoms with Gasteiger partial charge in [-0.15, -0.1) is 22.7 Å². The van der Waals surface area contributed by atoms with Crippen LogP contribution in [-0.2, 0) is 26.0 Å². The lowest BCUT2D eigenvalue weighted by atomic mass is 10.2. The van der Waals surface area contributed by atoms with Crippen LogP contribution in [0.25, 0.3) is 9.40 Å². The fourth-order valence-electron chi connectivity index (χ4n) is 2.07. The van der Waals surface area contributed by atoms with Gasteiger partial charge in [-0.25, -0.2) is 13.6 Å². The Morgan fingerprint density at radius 2 is 1.86 bits per heavy atom. The number of nitrogens with zero attached hydrogens (tertiary/aromatic N) is 1. The first-order valence-electron chi connectivity index (χ1n) is 6.68. The minimum atomic E-state index is -3.64. The molecule has 6 nitrogen and oxygen atoms in total. The van der Waals surface area contributed by atoms with Crippen LogP contribution in [0, 0.1) is 0 Å². The van der Waals surface area contributed by atoms with Crippen LogP contribution < -0.4 is 5.14 Å². The van der Waals surface area contributed by atoms with Gasteiger partial charge in [-0.2, -0.15) is 0 Å². The molecule has 2 N–H and O–H groups in total. The van der Waals surface area contributed by atoms with Crippen molar-refractivity contribution in [2.75, 3.05) is 40.5 Å². The van der Waals surface area contributed by atoms with Gasteiger partial charge < -0.3 is 9.47 Å². The lowest BCUT2D eigenvalue weighted by molar-refractivity contribution is 0.110. The van der Waals surface area contributed by atoms with Gasteiger partial charge >= 0.3 is 0 Å². The predicted molar refractivity (Wildman–Crippen MR) is 90.1 cm³/mol. The van der Waals surface area contributed by atoms with Crippen molar-refractivity contribution >= 4 is 42.1 Å². The number of hydrogen-bond acceptors (Lipinski definition) is 7. The molecule has 0 atom stereocenters. The molecule has 0 bridgehead atoms. The van der Waals surface area contributed by atoms with Gasteiger partial charge in [-0.1, -0.05) is 0 Å². The Hall–Kier alpha value is -0.550. The van der Waals surface area contributed by atoms with Crippen LogP contribution in [0.1, 0.15) is 5.56 Å². The number of nitrogens with two attached hydrogens (primary N) is 1. The summed E-state index contributed by atoms with van der Waals surface area (Å²) in [6.07, 6.45) is 0. The number of primary sulfonamides is 1. The molecule has 0 saturated carbocycles. The second-order valence-corrected chi connectivity index (χ2v) is 8.81. The summed E-state index contributed by atoms with van der Waals surface area (Å²) in [5, 5.41) is 8.25. The SMILES string of the molecule is COCCN(CCOC)Cc1csc2sc(S(N)(=O)=O)cc12. The topological polar surface area (TPSA) is 81.9 Å². The van der Waals surface area contributed by atoms with E-state index in [0.29, 0.717) is 13.2 Å². The summed E-state index contributed by atoms with van der Waals surface area (Å²) in [5.41, 5.74) is 1.11. The van der Waals surface area contributed by atoms with Crippen LogP contribution in [0.2, 0.25) is 0 Å². The van der Waals surface area contributed by atoms with Crippen molar-refractivity contribution in [2.45, 2.75) is 10.8 Å². The van der Waals surface area contributed by atoms with E-state index in [9.17, 15) is 8.42 Å². The number of ether oxygens (including phenoxy) is 2. The number of thiophene rings is 2. The zero-order valence-electron chi connectivity index (χ0n) is 12.6. The lowest BCUT2D eigenvalue weighted by Gasteiger charge is -2.21. The largest absolute Gasteiger partial charge is 0.383 e. The third-order valence-corrected chi connectivity index (χ3v) is 6.95. The highest BCUT2D eigenvalue weighted by molar-refractivity contribution is 7.91. The summed E-state index contributed by atoms with van der Waals surface area (Å²) in [4.78, 5) is 2.22. The van der Waals surface area contributed by atoms with Crippen molar-refractivity contribution in [3.05, 3.63) is 17.0 Å². The minimum Gasteiger partial charge on any atom is -0.383 e. The second-order valence-electron chi connectivity index (χ2n) is 4.83. The number of methoxy groups -OCH3 is 2. The quantitative estimate of drug-likeness (QED) is 0.732. The fraction of sp³-hybridized carbons (Fsp3) is 0.538. The molecule has 0 aliphatic carbocycles. The van der Waals surface area contributed by atoms with Crippen LogP contribution in [0.4, 0.5) is 0 Å². The third kappa shape index (κ3) is 4.48. The summed E-state index contributed by atoms with van der Waals surface area (Å²) in [6.45, 7) is 3.60. The predicted octanol–water partition coefficient (Wildman–Crippen LogP) is 1.71. The molecular formula is C13H20N2O4S3. The molecule has 0 aromatic carbocycles. The summed E-state index contributed by atoms with van der Waals surface area (Å²) in [6, 6.07) is 1.67. The number of rotatable bonds is 9. The lowest BCUT2D eigenvalue weighted by Crippen LogP contribution is -2.30. The van der Waals surface area contributed by atoms with E-state index in [0.717, 1.165) is 34.6 Å². The molecule has 0 radical (unpaired) electrons. The highest BCUT2D eigenvalue weighted by atomic mass is 32.2. The third-order valence-electron chi connectivity index (χ3n) is 3.23. The molecule has 0 saturated heterocycles. The molecule has 2 rings (SSSR count). The molecule has 0 amide bonds. The Balaban J connectivity index is 2.19. The molecule has 22 heavy (non-hydrogen) atoms. The van der Waals surface area contributed by atoms with Gasteiger partial charge in [-0.3, -0.25) is 4.90 Å². The Labute approximate surface area is 138 Å². The van der Waals surface area contributed by atoms with Crippen molar-refractivity contribution in [3.63, 3.8) is 0 Å². The molecule has 2 aromatic heterocycles. The van der Waals surface area contributed by atoms with Crippen LogP contribution >= 0.6 is 22.7 Å². The van der Waals surface area contributed by atoms with Gasteiger partial charge in [0, 0.05) is 39.2 Å². The molecule has 2 heterocycles. The first-order chi connectivity index (χ1) is 10.5. The monoisotopic (exact) mass is 364 g/mol. The normalized spacial score (nSPS) is 12.5. The van der Waals surface area contributed by atoms with Gasteiger partial charge in [0.2, 0.25) is 10.0 Å². The van der Waals surface area contributed by atoms with Crippen LogP contribution in [-0.4, -0.2) is 53.8 Å². The fourth-order valence-corrected chi connectivity index (χ4v) is 5.25.